The fraction of sp³-hybridized carbons (Fsp3) is 0. The van der Waals surface area contributed by atoms with Crippen LogP contribution in [0, 0.1) is 0 Å². The maximum absolute atomic E-state index is 6.28. The lowest BCUT2D eigenvalue weighted by molar-refractivity contribution is 0.669. The predicted molar refractivity (Wildman–Crippen MR) is 218 cm³/mol. The van der Waals surface area contributed by atoms with E-state index < -0.39 is 0 Å². The third kappa shape index (κ3) is 5.10. The second-order valence-electron chi connectivity index (χ2n) is 12.9. The molecule has 2 aromatic heterocycles. The Hall–Kier alpha value is -6.42. The molecule has 0 radical (unpaired) electrons. The first-order chi connectivity index (χ1) is 25.3. The molecule has 0 amide bonds. The molecule has 0 fully saturated rings. The van der Waals surface area contributed by atoms with Crippen LogP contribution < -0.4 is 4.90 Å². The van der Waals surface area contributed by atoms with Gasteiger partial charge in [0.1, 0.15) is 11.2 Å². The van der Waals surface area contributed by atoms with Gasteiger partial charge in [0.25, 0.3) is 0 Å². The highest BCUT2D eigenvalue weighted by atomic mass is 32.1. The summed E-state index contributed by atoms with van der Waals surface area (Å²) < 4.78 is 8.85. The molecule has 0 unspecified atom stereocenters. The summed E-state index contributed by atoms with van der Waals surface area (Å²) in [6.07, 6.45) is 0. The normalized spacial score (nSPS) is 11.5. The number of furan rings is 1. The van der Waals surface area contributed by atoms with Gasteiger partial charge in [0.2, 0.25) is 0 Å². The van der Waals surface area contributed by atoms with Gasteiger partial charge in [0, 0.05) is 47.9 Å². The van der Waals surface area contributed by atoms with Gasteiger partial charge in [-0.1, -0.05) is 133 Å². The maximum Gasteiger partial charge on any atom is 0.135 e. The van der Waals surface area contributed by atoms with Gasteiger partial charge in [-0.15, -0.1) is 11.3 Å². The van der Waals surface area contributed by atoms with Crippen molar-refractivity contribution >= 4 is 70.5 Å². The minimum atomic E-state index is 0.885. The molecule has 0 saturated heterocycles. The molecule has 2 nitrogen and oxygen atoms in total. The van der Waals surface area contributed by atoms with E-state index in [4.69, 9.17) is 4.42 Å². The zero-order valence-electron chi connectivity index (χ0n) is 27.7. The van der Waals surface area contributed by atoms with E-state index >= 15 is 0 Å². The summed E-state index contributed by atoms with van der Waals surface area (Å²) >= 11 is 1.86. The molecule has 240 valence electrons. The minimum absolute atomic E-state index is 0.885. The molecule has 0 saturated carbocycles. The summed E-state index contributed by atoms with van der Waals surface area (Å²) in [5.41, 5.74) is 12.3. The first-order valence-corrected chi connectivity index (χ1v) is 18.1. The van der Waals surface area contributed by atoms with Crippen molar-refractivity contribution in [3.05, 3.63) is 188 Å². The molecular formula is C48H31NOS. The molecule has 0 aliphatic rings. The molecule has 51 heavy (non-hydrogen) atoms. The maximum atomic E-state index is 6.28. The van der Waals surface area contributed by atoms with Crippen LogP contribution >= 0.6 is 11.3 Å². The zero-order valence-corrected chi connectivity index (χ0v) is 28.5. The van der Waals surface area contributed by atoms with E-state index in [1.54, 1.807) is 0 Å². The quantitative estimate of drug-likeness (QED) is 0.175. The van der Waals surface area contributed by atoms with Gasteiger partial charge >= 0.3 is 0 Å². The summed E-state index contributed by atoms with van der Waals surface area (Å²) in [6, 6.07) is 67.5. The number of thiophene rings is 1. The topological polar surface area (TPSA) is 16.4 Å². The second kappa shape index (κ2) is 12.2. The number of fused-ring (bicyclic) bond motifs is 6. The van der Waals surface area contributed by atoms with Crippen molar-refractivity contribution in [2.45, 2.75) is 0 Å². The third-order valence-corrected chi connectivity index (χ3v) is 11.0. The van der Waals surface area contributed by atoms with Crippen molar-refractivity contribution in [3.8, 4) is 33.4 Å². The van der Waals surface area contributed by atoms with Crippen molar-refractivity contribution in [3.63, 3.8) is 0 Å². The van der Waals surface area contributed by atoms with Crippen LogP contribution in [0.4, 0.5) is 17.1 Å². The van der Waals surface area contributed by atoms with Crippen molar-refractivity contribution in [2.24, 2.45) is 0 Å². The third-order valence-electron chi connectivity index (χ3n) is 9.89. The van der Waals surface area contributed by atoms with Crippen LogP contribution in [-0.2, 0) is 0 Å². The average molecular weight is 670 g/mol. The minimum Gasteiger partial charge on any atom is -0.456 e. The number of para-hydroxylation sites is 1. The van der Waals surface area contributed by atoms with E-state index in [2.05, 4.69) is 181 Å². The first kappa shape index (κ1) is 29.5. The van der Waals surface area contributed by atoms with Crippen molar-refractivity contribution in [1.29, 1.82) is 0 Å². The molecule has 10 aromatic rings. The highest BCUT2D eigenvalue weighted by molar-refractivity contribution is 7.26. The molecule has 8 aromatic carbocycles. The lowest BCUT2D eigenvalue weighted by atomic mass is 9.94. The van der Waals surface area contributed by atoms with E-state index in [-0.39, 0.29) is 0 Å². The van der Waals surface area contributed by atoms with Crippen LogP contribution in [0.25, 0.3) is 75.5 Å². The zero-order chi connectivity index (χ0) is 33.7. The molecule has 0 spiro atoms. The van der Waals surface area contributed by atoms with Crippen LogP contribution in [0.1, 0.15) is 0 Å². The molecule has 0 N–H and O–H groups in total. The number of rotatable bonds is 6. The van der Waals surface area contributed by atoms with Gasteiger partial charge in [-0.05, 0) is 82.4 Å². The Bertz CT molecular complexity index is 2830. The molecule has 0 aliphatic carbocycles. The van der Waals surface area contributed by atoms with E-state index in [0.717, 1.165) is 39.0 Å². The molecule has 0 bridgehead atoms. The summed E-state index contributed by atoms with van der Waals surface area (Å²) in [7, 11) is 0. The molecular weight excluding hydrogens is 639 g/mol. The van der Waals surface area contributed by atoms with Crippen LogP contribution in [0.15, 0.2) is 192 Å². The second-order valence-corrected chi connectivity index (χ2v) is 14.0. The summed E-state index contributed by atoms with van der Waals surface area (Å²) in [4.78, 5) is 2.42. The van der Waals surface area contributed by atoms with Gasteiger partial charge in [-0.2, -0.15) is 0 Å². The monoisotopic (exact) mass is 669 g/mol. The summed E-state index contributed by atoms with van der Waals surface area (Å²) in [5, 5.41) is 4.77. The van der Waals surface area contributed by atoms with Crippen LogP contribution in [-0.4, -0.2) is 0 Å². The Balaban J connectivity index is 1.24. The van der Waals surface area contributed by atoms with E-state index in [1.807, 2.05) is 23.5 Å². The smallest absolute Gasteiger partial charge is 0.135 e. The number of benzene rings is 8. The lowest BCUT2D eigenvalue weighted by Crippen LogP contribution is -2.11. The van der Waals surface area contributed by atoms with Gasteiger partial charge in [-0.3, -0.25) is 0 Å². The molecule has 10 rings (SSSR count). The van der Waals surface area contributed by atoms with Crippen molar-refractivity contribution in [2.75, 3.05) is 4.90 Å². The van der Waals surface area contributed by atoms with Gasteiger partial charge in [0.05, 0.1) is 5.69 Å². The van der Waals surface area contributed by atoms with Crippen LogP contribution in [0.5, 0.6) is 0 Å². The van der Waals surface area contributed by atoms with Crippen LogP contribution in [0.3, 0.4) is 0 Å². The number of hydrogen-bond acceptors (Lipinski definition) is 3. The van der Waals surface area contributed by atoms with Crippen LogP contribution in [0.2, 0.25) is 0 Å². The lowest BCUT2D eigenvalue weighted by Gasteiger charge is -2.29. The molecule has 0 atom stereocenters. The Morgan fingerprint density at radius 1 is 0.373 bits per heavy atom. The fourth-order valence-electron chi connectivity index (χ4n) is 7.46. The summed E-state index contributed by atoms with van der Waals surface area (Å²) in [5.74, 6) is 0. The van der Waals surface area contributed by atoms with E-state index in [9.17, 15) is 0 Å². The molecule has 3 heteroatoms. The number of anilines is 3. The highest BCUT2D eigenvalue weighted by Crippen LogP contribution is 2.49. The average Bonchev–Trinajstić information content (AvgIpc) is 3.77. The van der Waals surface area contributed by atoms with Gasteiger partial charge in [-0.25, -0.2) is 0 Å². The molecule has 0 aliphatic heterocycles. The Kier molecular flexibility index (Phi) is 7.04. The fourth-order valence-corrected chi connectivity index (χ4v) is 8.57. The highest BCUT2D eigenvalue weighted by Gasteiger charge is 2.23. The van der Waals surface area contributed by atoms with Gasteiger partial charge in [0.15, 0.2) is 0 Å². The van der Waals surface area contributed by atoms with Crippen molar-refractivity contribution in [1.82, 2.24) is 0 Å². The standard InChI is InChI=1S/C48H31NOS/c1-3-11-32(12-4-1)34-19-21-36(22-20-34)47-42(28-30-46-48(47)40-16-8-10-18-45(40)51-46)49(37-25-23-35(24-26-37)33-13-5-2-6-14-33)38-27-29-44-41(31-38)39-15-7-9-17-43(39)50-44/h1-31H. The SMILES string of the molecule is c1ccc(-c2ccc(-c3c(N(c4ccc(-c5ccccc5)cc4)c4ccc5oc6ccccc6c5c4)ccc4sc5ccccc5c34)cc2)cc1. The van der Waals surface area contributed by atoms with E-state index in [0.29, 0.717) is 0 Å². The largest absolute Gasteiger partial charge is 0.456 e. The Morgan fingerprint density at radius 2 is 0.922 bits per heavy atom. The number of nitrogens with zero attached hydrogens (tertiary/aromatic N) is 1. The van der Waals surface area contributed by atoms with Crippen molar-refractivity contribution < 1.29 is 4.42 Å². The Morgan fingerprint density at radius 3 is 1.65 bits per heavy atom. The Labute approximate surface area is 300 Å². The van der Waals surface area contributed by atoms with Gasteiger partial charge < -0.3 is 9.32 Å². The predicted octanol–water partition coefficient (Wildman–Crippen LogP) is 14.4. The van der Waals surface area contributed by atoms with E-state index in [1.165, 1.54) is 53.6 Å². The first-order valence-electron chi connectivity index (χ1n) is 17.3. The summed E-state index contributed by atoms with van der Waals surface area (Å²) in [6.45, 7) is 0. The molecule has 2 heterocycles. The number of hydrogen-bond donors (Lipinski definition) is 0.